The summed E-state index contributed by atoms with van der Waals surface area (Å²) in [5.41, 5.74) is 6.12. The van der Waals surface area contributed by atoms with Crippen molar-refractivity contribution in [2.24, 2.45) is 5.10 Å². The Morgan fingerprint density at radius 2 is 2.15 bits per heavy atom. The molecule has 0 spiro atoms. The maximum atomic E-state index is 4.28. The highest BCUT2D eigenvalue weighted by Crippen LogP contribution is 2.26. The van der Waals surface area contributed by atoms with Crippen molar-refractivity contribution in [2.45, 2.75) is 0 Å². The van der Waals surface area contributed by atoms with Gasteiger partial charge in [-0.15, -0.1) is 0 Å². The van der Waals surface area contributed by atoms with E-state index in [1.807, 2.05) is 30.5 Å². The van der Waals surface area contributed by atoms with Gasteiger partial charge in [0.25, 0.3) is 0 Å². The van der Waals surface area contributed by atoms with Gasteiger partial charge in [-0.2, -0.15) is 5.10 Å². The fourth-order valence-corrected chi connectivity index (χ4v) is 1.61. The molecule has 1 aromatic carbocycles. The molecule has 1 N–H and O–H groups in total. The molecule has 62 valence electrons. The molecule has 2 aromatic rings. The topological polar surface area (TPSA) is 37.3 Å². The van der Waals surface area contributed by atoms with Crippen molar-refractivity contribution >= 4 is 22.8 Å². The lowest BCUT2D eigenvalue weighted by Crippen LogP contribution is -2.00. The smallest absolute Gasteiger partial charge is 0.0730 e. The summed E-state index contributed by atoms with van der Waals surface area (Å²) in [6.07, 6.45) is 3.60. The summed E-state index contributed by atoms with van der Waals surface area (Å²) in [5, 5.41) is 5.19. The molecule has 0 atom stereocenters. The third-order valence-corrected chi connectivity index (χ3v) is 2.19. The third kappa shape index (κ3) is 0.839. The summed E-state index contributed by atoms with van der Waals surface area (Å²) in [5.74, 6) is 0. The van der Waals surface area contributed by atoms with Crippen LogP contribution in [-0.4, -0.2) is 11.2 Å². The van der Waals surface area contributed by atoms with Crippen molar-refractivity contribution < 1.29 is 0 Å². The molecule has 1 aliphatic heterocycles. The Labute approximate surface area is 75.1 Å². The molecule has 1 aliphatic rings. The minimum atomic E-state index is 1.01. The van der Waals surface area contributed by atoms with Crippen molar-refractivity contribution in [1.82, 2.24) is 4.98 Å². The molecule has 1 aromatic heterocycles. The number of benzene rings is 1. The van der Waals surface area contributed by atoms with Gasteiger partial charge in [-0.05, 0) is 12.1 Å². The second kappa shape index (κ2) is 2.29. The summed E-state index contributed by atoms with van der Waals surface area (Å²) < 4.78 is 0. The molecule has 0 saturated heterocycles. The number of hydrazone groups is 1. The first kappa shape index (κ1) is 6.60. The summed E-state index contributed by atoms with van der Waals surface area (Å²) in [6, 6.07) is 7.97. The van der Waals surface area contributed by atoms with Crippen molar-refractivity contribution in [2.75, 3.05) is 5.43 Å². The maximum absolute atomic E-state index is 4.28. The van der Waals surface area contributed by atoms with E-state index >= 15 is 0 Å². The molecule has 3 nitrogen and oxygen atoms in total. The van der Waals surface area contributed by atoms with Crippen LogP contribution in [0.25, 0.3) is 10.9 Å². The Kier molecular flexibility index (Phi) is 1.16. The molecule has 0 amide bonds. The van der Waals surface area contributed by atoms with Crippen LogP contribution in [0.2, 0.25) is 0 Å². The second-order valence-corrected chi connectivity index (χ2v) is 2.97. The SMILES string of the molecule is C1=NNc2ccnc3cccc1c23. The first-order chi connectivity index (χ1) is 6.45. The summed E-state index contributed by atoms with van der Waals surface area (Å²) in [7, 11) is 0. The van der Waals surface area contributed by atoms with Gasteiger partial charge in [0, 0.05) is 17.1 Å². The highest BCUT2D eigenvalue weighted by Gasteiger charge is 2.07. The van der Waals surface area contributed by atoms with E-state index < -0.39 is 0 Å². The predicted molar refractivity (Wildman–Crippen MR) is 53.0 cm³/mol. The zero-order chi connectivity index (χ0) is 8.67. The average molecular weight is 169 g/mol. The minimum absolute atomic E-state index is 1.01. The van der Waals surface area contributed by atoms with Gasteiger partial charge < -0.3 is 0 Å². The molecule has 0 saturated carbocycles. The normalized spacial score (nSPS) is 12.9. The van der Waals surface area contributed by atoms with Gasteiger partial charge in [-0.25, -0.2) is 0 Å². The number of anilines is 1. The Morgan fingerprint density at radius 3 is 3.15 bits per heavy atom. The van der Waals surface area contributed by atoms with E-state index in [0.717, 1.165) is 22.2 Å². The first-order valence-electron chi connectivity index (χ1n) is 4.12. The van der Waals surface area contributed by atoms with Gasteiger partial charge in [-0.1, -0.05) is 12.1 Å². The molecule has 3 rings (SSSR count). The average Bonchev–Trinajstić information content (AvgIpc) is 2.19. The first-order valence-corrected chi connectivity index (χ1v) is 4.12. The number of rotatable bonds is 0. The van der Waals surface area contributed by atoms with Crippen LogP contribution in [0.15, 0.2) is 35.6 Å². The van der Waals surface area contributed by atoms with Crippen molar-refractivity contribution in [3.05, 3.63) is 36.0 Å². The van der Waals surface area contributed by atoms with Gasteiger partial charge in [-0.3, -0.25) is 10.4 Å². The Hall–Kier alpha value is -1.90. The molecular weight excluding hydrogens is 162 g/mol. The third-order valence-electron chi connectivity index (χ3n) is 2.19. The number of hydrogen-bond donors (Lipinski definition) is 1. The lowest BCUT2D eigenvalue weighted by molar-refractivity contribution is 1.32. The summed E-state index contributed by atoms with van der Waals surface area (Å²) in [4.78, 5) is 4.28. The van der Waals surface area contributed by atoms with Crippen LogP contribution < -0.4 is 5.43 Å². The van der Waals surface area contributed by atoms with Crippen molar-refractivity contribution in [3.63, 3.8) is 0 Å². The minimum Gasteiger partial charge on any atom is -0.278 e. The summed E-state index contributed by atoms with van der Waals surface area (Å²) in [6.45, 7) is 0. The molecule has 0 aliphatic carbocycles. The number of nitrogens with one attached hydrogen (secondary N) is 1. The fourth-order valence-electron chi connectivity index (χ4n) is 1.61. The molecule has 0 fully saturated rings. The van der Waals surface area contributed by atoms with Crippen LogP contribution in [0.3, 0.4) is 0 Å². The van der Waals surface area contributed by atoms with Crippen LogP contribution in [0.4, 0.5) is 5.69 Å². The number of aromatic nitrogens is 1. The molecular formula is C10H7N3. The lowest BCUT2D eigenvalue weighted by Gasteiger charge is -2.11. The van der Waals surface area contributed by atoms with Crippen LogP contribution in [-0.2, 0) is 0 Å². The van der Waals surface area contributed by atoms with Crippen LogP contribution in [0, 0.1) is 0 Å². The monoisotopic (exact) mass is 169 g/mol. The maximum Gasteiger partial charge on any atom is 0.0730 e. The van der Waals surface area contributed by atoms with E-state index in [0.29, 0.717) is 0 Å². The Balaban J connectivity index is 2.56. The van der Waals surface area contributed by atoms with Gasteiger partial charge in [0.1, 0.15) is 0 Å². The highest BCUT2D eigenvalue weighted by molar-refractivity contribution is 6.06. The molecule has 3 heteroatoms. The van der Waals surface area contributed by atoms with Crippen LogP contribution in [0.1, 0.15) is 5.56 Å². The van der Waals surface area contributed by atoms with Gasteiger partial charge in [0.2, 0.25) is 0 Å². The summed E-state index contributed by atoms with van der Waals surface area (Å²) >= 11 is 0. The fraction of sp³-hybridized carbons (Fsp3) is 0. The zero-order valence-corrected chi connectivity index (χ0v) is 6.86. The van der Waals surface area contributed by atoms with E-state index in [2.05, 4.69) is 15.5 Å². The Bertz CT molecular complexity index is 497. The number of hydrogen-bond acceptors (Lipinski definition) is 3. The van der Waals surface area contributed by atoms with Crippen molar-refractivity contribution in [1.29, 1.82) is 0 Å². The highest BCUT2D eigenvalue weighted by atomic mass is 15.3. The van der Waals surface area contributed by atoms with E-state index in [-0.39, 0.29) is 0 Å². The Morgan fingerprint density at radius 1 is 1.15 bits per heavy atom. The van der Waals surface area contributed by atoms with Crippen LogP contribution in [0.5, 0.6) is 0 Å². The standard InChI is InChI=1S/C10H7N3/c1-2-7-6-12-13-9-4-5-11-8(3-1)10(7)9/h1-6,13H. The number of nitrogens with zero attached hydrogens (tertiary/aromatic N) is 2. The van der Waals surface area contributed by atoms with Crippen LogP contribution >= 0.6 is 0 Å². The lowest BCUT2D eigenvalue weighted by atomic mass is 10.1. The molecule has 2 heterocycles. The van der Waals surface area contributed by atoms with E-state index in [9.17, 15) is 0 Å². The van der Waals surface area contributed by atoms with E-state index in [1.54, 1.807) is 6.20 Å². The predicted octanol–water partition coefficient (Wildman–Crippen LogP) is 1.99. The zero-order valence-electron chi connectivity index (χ0n) is 6.86. The second-order valence-electron chi connectivity index (χ2n) is 2.97. The number of pyridine rings is 1. The quantitative estimate of drug-likeness (QED) is 0.654. The van der Waals surface area contributed by atoms with Gasteiger partial charge in [0.05, 0.1) is 17.4 Å². The van der Waals surface area contributed by atoms with E-state index in [4.69, 9.17) is 0 Å². The largest absolute Gasteiger partial charge is 0.278 e. The van der Waals surface area contributed by atoms with Gasteiger partial charge in [0.15, 0.2) is 0 Å². The van der Waals surface area contributed by atoms with E-state index in [1.165, 1.54) is 0 Å². The van der Waals surface area contributed by atoms with Crippen molar-refractivity contribution in [3.8, 4) is 0 Å². The molecule has 13 heavy (non-hydrogen) atoms. The van der Waals surface area contributed by atoms with Gasteiger partial charge >= 0.3 is 0 Å². The molecule has 0 bridgehead atoms. The molecule has 0 radical (unpaired) electrons. The molecule has 0 unspecified atom stereocenters.